The highest BCUT2D eigenvalue weighted by Gasteiger charge is 2.39. The van der Waals surface area contributed by atoms with Crippen molar-refractivity contribution >= 4 is 27.4 Å². The molecule has 1 heterocycles. The van der Waals surface area contributed by atoms with Crippen LogP contribution in [0.25, 0.3) is 0 Å². The van der Waals surface area contributed by atoms with E-state index in [1.54, 1.807) is 30.0 Å². The van der Waals surface area contributed by atoms with E-state index < -0.39 is 22.4 Å². The number of ether oxygens (including phenoxy) is 1. The Balaban J connectivity index is 1.69. The Kier molecular flexibility index (Phi) is 5.74. The van der Waals surface area contributed by atoms with E-state index in [9.17, 15) is 18.0 Å². The van der Waals surface area contributed by atoms with Crippen LogP contribution in [0, 0.1) is 6.92 Å². The molecule has 2 aliphatic rings. The van der Waals surface area contributed by atoms with E-state index >= 15 is 0 Å². The number of hydrogen-bond donors (Lipinski definition) is 1. The van der Waals surface area contributed by atoms with E-state index in [0.29, 0.717) is 12.1 Å². The third kappa shape index (κ3) is 4.43. The lowest BCUT2D eigenvalue weighted by molar-refractivity contribution is -0.139. The van der Waals surface area contributed by atoms with Gasteiger partial charge in [0.15, 0.2) is 16.4 Å². The Morgan fingerprint density at radius 1 is 1.19 bits per heavy atom. The fourth-order valence-electron chi connectivity index (χ4n) is 4.02. The molecule has 1 amide bonds. The number of nitrogens with two attached hydrogens (primary N) is 1. The van der Waals surface area contributed by atoms with Crippen molar-refractivity contribution in [2.75, 3.05) is 23.8 Å². The summed E-state index contributed by atoms with van der Waals surface area (Å²) in [4.78, 5) is 26.8. The standard InChI is InChI=1S/C19H26N2O5S/c1-13-5-4-8-16(18(13)20)19(23)26-11-17(22)21(14-6-2-3-7-14)15-9-10-27(24,25)12-15/h4-5,8,14-15H,2-3,6-7,9-12,20H2,1H3/t15-/m0/s1. The van der Waals surface area contributed by atoms with E-state index in [0.717, 1.165) is 31.2 Å². The van der Waals surface area contributed by atoms with E-state index in [1.807, 2.05) is 0 Å². The summed E-state index contributed by atoms with van der Waals surface area (Å²) in [6.07, 6.45) is 4.21. The van der Waals surface area contributed by atoms with Crippen molar-refractivity contribution in [3.05, 3.63) is 29.3 Å². The molecule has 1 saturated carbocycles. The number of carbonyl (C=O) groups is 2. The number of rotatable bonds is 5. The number of para-hydroxylation sites is 1. The lowest BCUT2D eigenvalue weighted by Crippen LogP contribution is -2.48. The highest BCUT2D eigenvalue weighted by atomic mass is 32.2. The Labute approximate surface area is 159 Å². The van der Waals surface area contributed by atoms with E-state index in [-0.39, 0.29) is 35.1 Å². The fraction of sp³-hybridized carbons (Fsp3) is 0.579. The third-order valence-electron chi connectivity index (χ3n) is 5.48. The minimum Gasteiger partial charge on any atom is -0.452 e. The maximum Gasteiger partial charge on any atom is 0.340 e. The maximum absolute atomic E-state index is 12.8. The zero-order valence-corrected chi connectivity index (χ0v) is 16.3. The molecule has 1 aromatic carbocycles. The minimum atomic E-state index is -3.11. The van der Waals surface area contributed by atoms with Crippen LogP contribution in [0.5, 0.6) is 0 Å². The van der Waals surface area contributed by atoms with Crippen LogP contribution in [-0.2, 0) is 19.4 Å². The van der Waals surface area contributed by atoms with Gasteiger partial charge in [0.1, 0.15) is 0 Å². The van der Waals surface area contributed by atoms with Crippen LogP contribution in [0.15, 0.2) is 18.2 Å². The number of esters is 1. The van der Waals surface area contributed by atoms with Crippen molar-refractivity contribution in [1.29, 1.82) is 0 Å². The van der Waals surface area contributed by atoms with Crippen LogP contribution in [0.1, 0.15) is 48.0 Å². The van der Waals surface area contributed by atoms with Gasteiger partial charge in [0, 0.05) is 17.8 Å². The average Bonchev–Trinajstić information content (AvgIpc) is 3.25. The van der Waals surface area contributed by atoms with Gasteiger partial charge in [0.2, 0.25) is 0 Å². The topological polar surface area (TPSA) is 107 Å². The van der Waals surface area contributed by atoms with Crippen LogP contribution in [-0.4, -0.2) is 55.4 Å². The van der Waals surface area contributed by atoms with Crippen LogP contribution in [0.3, 0.4) is 0 Å². The number of aryl methyl sites for hydroxylation is 1. The Morgan fingerprint density at radius 3 is 2.52 bits per heavy atom. The largest absolute Gasteiger partial charge is 0.452 e. The molecular weight excluding hydrogens is 368 g/mol. The van der Waals surface area contributed by atoms with Crippen molar-refractivity contribution < 1.29 is 22.7 Å². The highest BCUT2D eigenvalue weighted by Crippen LogP contribution is 2.29. The van der Waals surface area contributed by atoms with E-state index in [1.165, 1.54) is 0 Å². The van der Waals surface area contributed by atoms with Crippen molar-refractivity contribution in [1.82, 2.24) is 4.90 Å². The predicted molar refractivity (Wildman–Crippen MR) is 102 cm³/mol. The Morgan fingerprint density at radius 2 is 1.89 bits per heavy atom. The van der Waals surface area contributed by atoms with Gasteiger partial charge >= 0.3 is 5.97 Å². The summed E-state index contributed by atoms with van der Waals surface area (Å²) in [5.41, 5.74) is 7.25. The molecule has 8 heteroatoms. The molecule has 2 fully saturated rings. The van der Waals surface area contributed by atoms with Gasteiger partial charge in [-0.3, -0.25) is 4.79 Å². The summed E-state index contributed by atoms with van der Waals surface area (Å²) in [5.74, 6) is -0.875. The number of carbonyl (C=O) groups excluding carboxylic acids is 2. The quantitative estimate of drug-likeness (QED) is 0.602. The average molecular weight is 394 g/mol. The second-order valence-corrected chi connectivity index (χ2v) is 9.64. The van der Waals surface area contributed by atoms with Crippen LogP contribution >= 0.6 is 0 Å². The molecule has 0 unspecified atom stereocenters. The molecule has 1 saturated heterocycles. The predicted octanol–water partition coefficient (Wildman–Crippen LogP) is 1.69. The Bertz CT molecular complexity index is 831. The van der Waals surface area contributed by atoms with Crippen molar-refractivity contribution in [3.63, 3.8) is 0 Å². The smallest absolute Gasteiger partial charge is 0.340 e. The van der Waals surface area contributed by atoms with E-state index in [2.05, 4.69) is 0 Å². The van der Waals surface area contributed by atoms with Gasteiger partial charge in [-0.2, -0.15) is 0 Å². The number of amides is 1. The summed E-state index contributed by atoms with van der Waals surface area (Å²) in [7, 11) is -3.11. The summed E-state index contributed by atoms with van der Waals surface area (Å²) < 4.78 is 29.0. The molecule has 1 aromatic rings. The monoisotopic (exact) mass is 394 g/mol. The maximum atomic E-state index is 12.8. The first-order valence-electron chi connectivity index (χ1n) is 9.32. The number of anilines is 1. The van der Waals surface area contributed by atoms with E-state index in [4.69, 9.17) is 10.5 Å². The van der Waals surface area contributed by atoms with Gasteiger partial charge in [0.25, 0.3) is 5.91 Å². The molecule has 3 rings (SSSR count). The zero-order valence-electron chi connectivity index (χ0n) is 15.5. The lowest BCUT2D eigenvalue weighted by atomic mass is 10.1. The van der Waals surface area contributed by atoms with Crippen LogP contribution in [0.4, 0.5) is 5.69 Å². The zero-order chi connectivity index (χ0) is 19.6. The molecule has 0 spiro atoms. The molecule has 7 nitrogen and oxygen atoms in total. The normalized spacial score (nSPS) is 21.9. The second kappa shape index (κ2) is 7.88. The molecule has 0 bridgehead atoms. The van der Waals surface area contributed by atoms with Gasteiger partial charge < -0.3 is 15.4 Å². The summed E-state index contributed by atoms with van der Waals surface area (Å²) >= 11 is 0. The van der Waals surface area contributed by atoms with Gasteiger partial charge in [-0.25, -0.2) is 13.2 Å². The first-order valence-corrected chi connectivity index (χ1v) is 11.1. The number of nitrogen functional groups attached to an aromatic ring is 1. The SMILES string of the molecule is Cc1cccc(C(=O)OCC(=O)N(C2CCCC2)[C@H]2CCS(=O)(=O)C2)c1N. The van der Waals surface area contributed by atoms with Gasteiger partial charge in [-0.15, -0.1) is 0 Å². The molecule has 148 valence electrons. The summed E-state index contributed by atoms with van der Waals surface area (Å²) in [6, 6.07) is 4.76. The Hall–Kier alpha value is -2.09. The summed E-state index contributed by atoms with van der Waals surface area (Å²) in [6.45, 7) is 1.39. The first kappa shape index (κ1) is 19.7. The minimum absolute atomic E-state index is 0.00594. The van der Waals surface area contributed by atoms with Gasteiger partial charge in [-0.1, -0.05) is 25.0 Å². The molecule has 1 atom stereocenters. The van der Waals surface area contributed by atoms with Gasteiger partial charge in [0.05, 0.1) is 17.1 Å². The first-order chi connectivity index (χ1) is 12.8. The molecule has 1 aliphatic heterocycles. The lowest BCUT2D eigenvalue weighted by Gasteiger charge is -2.33. The molecule has 2 N–H and O–H groups in total. The van der Waals surface area contributed by atoms with Crippen LogP contribution in [0.2, 0.25) is 0 Å². The number of nitrogens with zero attached hydrogens (tertiary/aromatic N) is 1. The highest BCUT2D eigenvalue weighted by molar-refractivity contribution is 7.91. The third-order valence-corrected chi connectivity index (χ3v) is 7.23. The molecule has 0 radical (unpaired) electrons. The van der Waals surface area contributed by atoms with Crippen LogP contribution < -0.4 is 5.73 Å². The van der Waals surface area contributed by atoms with Crippen molar-refractivity contribution in [2.24, 2.45) is 0 Å². The van der Waals surface area contributed by atoms with Crippen molar-refractivity contribution in [3.8, 4) is 0 Å². The van der Waals surface area contributed by atoms with Gasteiger partial charge in [-0.05, 0) is 37.8 Å². The molecular formula is C19H26N2O5S. The second-order valence-electron chi connectivity index (χ2n) is 7.41. The molecule has 0 aromatic heterocycles. The number of benzene rings is 1. The number of sulfone groups is 1. The number of hydrogen-bond acceptors (Lipinski definition) is 6. The molecule has 27 heavy (non-hydrogen) atoms. The fourth-order valence-corrected chi connectivity index (χ4v) is 5.73. The molecule has 1 aliphatic carbocycles. The van der Waals surface area contributed by atoms with Crippen molar-refractivity contribution in [2.45, 2.75) is 51.1 Å². The summed E-state index contributed by atoms with van der Waals surface area (Å²) in [5, 5.41) is 0.